The van der Waals surface area contributed by atoms with Crippen molar-refractivity contribution in [2.24, 2.45) is 0 Å². The van der Waals surface area contributed by atoms with Crippen LogP contribution in [-0.4, -0.2) is 42.5 Å². The first kappa shape index (κ1) is 17.1. The fourth-order valence-corrected chi connectivity index (χ4v) is 2.19. The summed E-state index contributed by atoms with van der Waals surface area (Å²) in [6.07, 6.45) is -4.47. The van der Waals surface area contributed by atoms with Crippen LogP contribution in [0.4, 0.5) is 13.2 Å². The Bertz CT molecular complexity index is 482. The third kappa shape index (κ3) is 4.86. The standard InChI is InChI=1S/C12H12BrClF3NO2/c1-20-10-3-2-8(14)6-9(10)11(19)18(5-4-13)7-12(15,16)17/h2-3,6H,4-5,7H2,1H3. The normalized spacial score (nSPS) is 11.3. The van der Waals surface area contributed by atoms with Crippen molar-refractivity contribution in [3.05, 3.63) is 28.8 Å². The maximum absolute atomic E-state index is 12.5. The van der Waals surface area contributed by atoms with Crippen molar-refractivity contribution in [3.8, 4) is 5.75 Å². The van der Waals surface area contributed by atoms with Gasteiger partial charge < -0.3 is 9.64 Å². The van der Waals surface area contributed by atoms with Gasteiger partial charge in [-0.05, 0) is 18.2 Å². The lowest BCUT2D eigenvalue weighted by Gasteiger charge is -2.24. The SMILES string of the molecule is COc1ccc(Cl)cc1C(=O)N(CCBr)CC(F)(F)F. The molecular weight excluding hydrogens is 362 g/mol. The van der Waals surface area contributed by atoms with E-state index in [4.69, 9.17) is 16.3 Å². The maximum atomic E-state index is 12.5. The van der Waals surface area contributed by atoms with Gasteiger partial charge in [0.2, 0.25) is 0 Å². The van der Waals surface area contributed by atoms with Crippen LogP contribution in [-0.2, 0) is 0 Å². The van der Waals surface area contributed by atoms with Crippen LogP contribution in [0.15, 0.2) is 18.2 Å². The van der Waals surface area contributed by atoms with Gasteiger partial charge in [0, 0.05) is 16.9 Å². The molecule has 0 fully saturated rings. The van der Waals surface area contributed by atoms with Crippen molar-refractivity contribution in [3.63, 3.8) is 0 Å². The summed E-state index contributed by atoms with van der Waals surface area (Å²) in [5.41, 5.74) is 0.00481. The zero-order valence-electron chi connectivity index (χ0n) is 10.5. The Morgan fingerprint density at radius 2 is 2.10 bits per heavy atom. The number of alkyl halides is 4. The Hall–Kier alpha value is -0.950. The van der Waals surface area contributed by atoms with Gasteiger partial charge in [0.05, 0.1) is 12.7 Å². The third-order valence-corrected chi connectivity index (χ3v) is 2.99. The predicted octanol–water partition coefficient (Wildman–Crippen LogP) is 3.75. The molecule has 0 atom stereocenters. The van der Waals surface area contributed by atoms with Crippen LogP contribution in [0.2, 0.25) is 5.02 Å². The summed E-state index contributed by atoms with van der Waals surface area (Å²) in [5, 5.41) is 0.484. The van der Waals surface area contributed by atoms with E-state index in [2.05, 4.69) is 15.9 Å². The Morgan fingerprint density at radius 3 is 2.60 bits per heavy atom. The largest absolute Gasteiger partial charge is 0.496 e. The van der Waals surface area contributed by atoms with E-state index < -0.39 is 18.6 Å². The summed E-state index contributed by atoms with van der Waals surface area (Å²) in [5.74, 6) is -0.595. The number of carbonyl (C=O) groups excluding carboxylic acids is 1. The number of methoxy groups -OCH3 is 1. The lowest BCUT2D eigenvalue weighted by molar-refractivity contribution is -0.140. The first-order chi connectivity index (χ1) is 9.28. The molecule has 112 valence electrons. The number of amides is 1. The van der Waals surface area contributed by atoms with Crippen LogP contribution in [0, 0.1) is 0 Å². The second kappa shape index (κ2) is 7.17. The number of nitrogens with zero attached hydrogens (tertiary/aromatic N) is 1. The molecule has 0 aliphatic heterocycles. The second-order valence-electron chi connectivity index (χ2n) is 3.88. The summed E-state index contributed by atoms with van der Waals surface area (Å²) >= 11 is 8.80. The molecule has 0 aliphatic rings. The first-order valence-electron chi connectivity index (χ1n) is 5.54. The van der Waals surface area contributed by atoms with E-state index in [1.54, 1.807) is 0 Å². The van der Waals surface area contributed by atoms with Crippen molar-refractivity contribution in [1.29, 1.82) is 0 Å². The summed E-state index contributed by atoms with van der Waals surface area (Å²) in [4.78, 5) is 12.9. The molecule has 0 radical (unpaired) electrons. The van der Waals surface area contributed by atoms with Gasteiger partial charge in [0.1, 0.15) is 12.3 Å². The van der Waals surface area contributed by atoms with Gasteiger partial charge >= 0.3 is 6.18 Å². The van der Waals surface area contributed by atoms with Crippen LogP contribution in [0.5, 0.6) is 5.75 Å². The molecule has 0 heterocycles. The van der Waals surface area contributed by atoms with E-state index in [1.165, 1.54) is 25.3 Å². The maximum Gasteiger partial charge on any atom is 0.406 e. The monoisotopic (exact) mass is 373 g/mol. The van der Waals surface area contributed by atoms with E-state index in [9.17, 15) is 18.0 Å². The second-order valence-corrected chi connectivity index (χ2v) is 5.10. The Morgan fingerprint density at radius 1 is 1.45 bits per heavy atom. The molecular formula is C12H12BrClF3NO2. The van der Waals surface area contributed by atoms with Gasteiger partial charge in [0.15, 0.2) is 0 Å². The van der Waals surface area contributed by atoms with Crippen LogP contribution < -0.4 is 4.74 Å². The summed E-state index contributed by atoms with van der Waals surface area (Å²) in [7, 11) is 1.33. The molecule has 0 bridgehead atoms. The molecule has 1 amide bonds. The van der Waals surface area contributed by atoms with E-state index in [-0.39, 0.29) is 28.2 Å². The minimum absolute atomic E-state index is 0.00481. The number of halogens is 5. The molecule has 0 N–H and O–H groups in total. The number of ether oxygens (including phenoxy) is 1. The molecule has 8 heteroatoms. The topological polar surface area (TPSA) is 29.5 Å². The van der Waals surface area contributed by atoms with Crippen molar-refractivity contribution < 1.29 is 22.7 Å². The van der Waals surface area contributed by atoms with Crippen LogP contribution >= 0.6 is 27.5 Å². The molecule has 0 aliphatic carbocycles. The average molecular weight is 375 g/mol. The van der Waals surface area contributed by atoms with Crippen molar-refractivity contribution >= 4 is 33.4 Å². The number of hydrogen-bond acceptors (Lipinski definition) is 2. The predicted molar refractivity (Wildman–Crippen MR) is 73.8 cm³/mol. The van der Waals surface area contributed by atoms with E-state index >= 15 is 0 Å². The lowest BCUT2D eigenvalue weighted by Crippen LogP contribution is -2.40. The first-order valence-corrected chi connectivity index (χ1v) is 7.04. The van der Waals surface area contributed by atoms with Gasteiger partial charge in [-0.15, -0.1) is 0 Å². The molecule has 1 aromatic carbocycles. The Balaban J connectivity index is 3.08. The molecule has 0 unspecified atom stereocenters. The highest BCUT2D eigenvalue weighted by Crippen LogP contribution is 2.25. The van der Waals surface area contributed by atoms with E-state index in [1.807, 2.05) is 0 Å². The Labute approximate surface area is 127 Å². The zero-order valence-corrected chi connectivity index (χ0v) is 12.8. The number of carbonyl (C=O) groups is 1. The van der Waals surface area contributed by atoms with Gasteiger partial charge in [-0.2, -0.15) is 13.2 Å². The molecule has 1 aromatic rings. The van der Waals surface area contributed by atoms with Gasteiger partial charge in [0.25, 0.3) is 5.91 Å². The highest BCUT2D eigenvalue weighted by Gasteiger charge is 2.33. The highest BCUT2D eigenvalue weighted by atomic mass is 79.9. The third-order valence-electron chi connectivity index (χ3n) is 2.40. The number of rotatable bonds is 5. The van der Waals surface area contributed by atoms with Gasteiger partial charge in [-0.1, -0.05) is 27.5 Å². The van der Waals surface area contributed by atoms with Gasteiger partial charge in [-0.25, -0.2) is 0 Å². The van der Waals surface area contributed by atoms with Crippen LogP contribution in [0.1, 0.15) is 10.4 Å². The molecule has 0 saturated carbocycles. The van der Waals surface area contributed by atoms with Crippen molar-refractivity contribution in [1.82, 2.24) is 4.90 Å². The quantitative estimate of drug-likeness (QED) is 0.735. The van der Waals surface area contributed by atoms with Crippen LogP contribution in [0.25, 0.3) is 0 Å². The average Bonchev–Trinajstić information content (AvgIpc) is 2.36. The van der Waals surface area contributed by atoms with Gasteiger partial charge in [-0.3, -0.25) is 4.79 Å². The van der Waals surface area contributed by atoms with Crippen molar-refractivity contribution in [2.75, 3.05) is 25.5 Å². The Kier molecular flexibility index (Phi) is 6.13. The smallest absolute Gasteiger partial charge is 0.406 e. The molecule has 20 heavy (non-hydrogen) atoms. The van der Waals surface area contributed by atoms with Crippen molar-refractivity contribution in [2.45, 2.75) is 6.18 Å². The fourth-order valence-electron chi connectivity index (χ4n) is 1.59. The minimum atomic E-state index is -4.47. The minimum Gasteiger partial charge on any atom is -0.496 e. The number of hydrogen-bond donors (Lipinski definition) is 0. The van der Waals surface area contributed by atoms with E-state index in [0.717, 1.165) is 0 Å². The molecule has 3 nitrogen and oxygen atoms in total. The van der Waals surface area contributed by atoms with Crippen LogP contribution in [0.3, 0.4) is 0 Å². The molecule has 1 rings (SSSR count). The fraction of sp³-hybridized carbons (Fsp3) is 0.417. The molecule has 0 aromatic heterocycles. The summed E-state index contributed by atoms with van der Waals surface area (Å²) in [6, 6.07) is 4.23. The molecule has 0 spiro atoms. The zero-order chi connectivity index (χ0) is 15.3. The lowest BCUT2D eigenvalue weighted by atomic mass is 10.1. The summed E-state index contributed by atoms with van der Waals surface area (Å²) in [6.45, 7) is -1.40. The van der Waals surface area contributed by atoms with E-state index in [0.29, 0.717) is 4.90 Å². The molecule has 0 saturated heterocycles. The number of benzene rings is 1. The summed E-state index contributed by atoms with van der Waals surface area (Å²) < 4.78 is 42.5. The highest BCUT2D eigenvalue weighted by molar-refractivity contribution is 9.09.